The molecule has 8 heteroatoms. The molecule has 0 saturated heterocycles. The highest BCUT2D eigenvalue weighted by Crippen LogP contribution is 2.25. The van der Waals surface area contributed by atoms with Gasteiger partial charge in [-0.05, 0) is 22.0 Å². The van der Waals surface area contributed by atoms with E-state index in [1.807, 2.05) is 0 Å². The average Bonchev–Trinajstić information content (AvgIpc) is 2.72. The molecule has 1 aromatic carbocycles. The number of benzene rings is 1. The van der Waals surface area contributed by atoms with Gasteiger partial charge >= 0.3 is 0 Å². The largest absolute Gasteiger partial charge is 0.397 e. The van der Waals surface area contributed by atoms with Crippen LogP contribution < -0.4 is 5.73 Å². The highest BCUT2D eigenvalue weighted by atomic mass is 79.9. The Balaban J connectivity index is 2.56. The second-order valence-corrected chi connectivity index (χ2v) is 6.59. The minimum absolute atomic E-state index is 0.0716. The van der Waals surface area contributed by atoms with E-state index in [1.165, 1.54) is 23.1 Å². The minimum Gasteiger partial charge on any atom is -0.397 e. The molecule has 1 aromatic heterocycles. The van der Waals surface area contributed by atoms with Crippen LogP contribution in [-0.4, -0.2) is 24.5 Å². The summed E-state index contributed by atoms with van der Waals surface area (Å²) < 4.78 is 37.4. The van der Waals surface area contributed by atoms with Crippen molar-refractivity contribution in [2.75, 3.05) is 12.0 Å². The van der Waals surface area contributed by atoms with Crippen molar-refractivity contribution < 1.29 is 12.8 Å². The molecule has 2 rings (SSSR count). The van der Waals surface area contributed by atoms with E-state index in [1.54, 1.807) is 0 Å². The van der Waals surface area contributed by atoms with Crippen molar-refractivity contribution in [1.82, 2.24) is 9.78 Å². The van der Waals surface area contributed by atoms with Gasteiger partial charge in [-0.15, -0.1) is 0 Å². The van der Waals surface area contributed by atoms with Gasteiger partial charge in [0, 0.05) is 18.5 Å². The van der Waals surface area contributed by atoms with E-state index >= 15 is 0 Å². The van der Waals surface area contributed by atoms with Gasteiger partial charge in [-0.2, -0.15) is 5.10 Å². The molecule has 1 heterocycles. The first-order chi connectivity index (χ1) is 8.29. The monoisotopic (exact) mass is 333 g/mol. The molecular weight excluding hydrogens is 325 g/mol. The highest BCUT2D eigenvalue weighted by Gasteiger charge is 2.13. The molecule has 0 aliphatic rings. The molecule has 0 atom stereocenters. The zero-order valence-corrected chi connectivity index (χ0v) is 11.7. The summed E-state index contributed by atoms with van der Waals surface area (Å²) in [4.78, 5) is 0.0716. The first-order valence-corrected chi connectivity index (χ1v) is 7.47. The second kappa shape index (κ2) is 4.36. The minimum atomic E-state index is -3.33. The molecule has 0 spiro atoms. The second-order valence-electron chi connectivity index (χ2n) is 3.72. The quantitative estimate of drug-likeness (QED) is 0.849. The standard InChI is InChI=1S/C10H9BrFN3O2S/c1-18(16,17)6-4-14-15(5-6)10-2-7(11)8(12)3-9(10)13/h2-5H,13H2,1H3. The van der Waals surface area contributed by atoms with Crippen LogP contribution in [0.1, 0.15) is 0 Å². The summed E-state index contributed by atoms with van der Waals surface area (Å²) in [6.45, 7) is 0. The fourth-order valence-electron chi connectivity index (χ4n) is 1.38. The van der Waals surface area contributed by atoms with Crippen molar-refractivity contribution in [2.45, 2.75) is 4.90 Å². The van der Waals surface area contributed by atoms with Gasteiger partial charge in [0.1, 0.15) is 10.7 Å². The molecule has 0 radical (unpaired) electrons. The molecule has 0 unspecified atom stereocenters. The van der Waals surface area contributed by atoms with Crippen LogP contribution in [0.4, 0.5) is 10.1 Å². The predicted molar refractivity (Wildman–Crippen MR) is 68.7 cm³/mol. The van der Waals surface area contributed by atoms with Gasteiger partial charge in [0.15, 0.2) is 9.84 Å². The number of hydrogen-bond acceptors (Lipinski definition) is 4. The third kappa shape index (κ3) is 2.39. The van der Waals surface area contributed by atoms with Crippen LogP contribution in [-0.2, 0) is 9.84 Å². The van der Waals surface area contributed by atoms with Gasteiger partial charge in [-0.25, -0.2) is 17.5 Å². The van der Waals surface area contributed by atoms with E-state index in [0.717, 1.165) is 12.3 Å². The molecule has 2 N–H and O–H groups in total. The van der Waals surface area contributed by atoms with Crippen molar-refractivity contribution in [3.63, 3.8) is 0 Å². The van der Waals surface area contributed by atoms with E-state index in [2.05, 4.69) is 21.0 Å². The number of halogens is 2. The third-order valence-corrected chi connectivity index (χ3v) is 3.98. The zero-order chi connectivity index (χ0) is 13.5. The number of hydrogen-bond donors (Lipinski definition) is 1. The molecule has 0 aliphatic carbocycles. The summed E-state index contributed by atoms with van der Waals surface area (Å²) in [7, 11) is -3.33. The number of sulfone groups is 1. The van der Waals surface area contributed by atoms with Gasteiger partial charge in [-0.1, -0.05) is 0 Å². The topological polar surface area (TPSA) is 78.0 Å². The lowest BCUT2D eigenvalue weighted by molar-refractivity contribution is 0.602. The Bertz CT molecular complexity index is 712. The summed E-state index contributed by atoms with van der Waals surface area (Å²) >= 11 is 3.03. The van der Waals surface area contributed by atoms with Gasteiger partial charge in [-0.3, -0.25) is 0 Å². The predicted octanol–water partition coefficient (Wildman–Crippen LogP) is 1.76. The van der Waals surface area contributed by atoms with Gasteiger partial charge in [0.25, 0.3) is 0 Å². The smallest absolute Gasteiger partial charge is 0.178 e. The summed E-state index contributed by atoms with van der Waals surface area (Å²) in [6.07, 6.45) is 3.62. The van der Waals surface area contributed by atoms with Crippen LogP contribution in [0.2, 0.25) is 0 Å². The molecule has 0 saturated carbocycles. The Morgan fingerprint density at radius 1 is 1.44 bits per heavy atom. The van der Waals surface area contributed by atoms with Gasteiger partial charge < -0.3 is 5.73 Å². The Morgan fingerprint density at radius 3 is 2.67 bits per heavy atom. The van der Waals surface area contributed by atoms with E-state index < -0.39 is 15.7 Å². The maximum Gasteiger partial charge on any atom is 0.178 e. The molecule has 0 amide bonds. The number of anilines is 1. The van der Waals surface area contributed by atoms with Crippen LogP contribution in [0.3, 0.4) is 0 Å². The first-order valence-electron chi connectivity index (χ1n) is 4.78. The molecule has 0 fully saturated rings. The number of rotatable bonds is 2. The van der Waals surface area contributed by atoms with Crippen LogP contribution >= 0.6 is 15.9 Å². The molecule has 2 aromatic rings. The SMILES string of the molecule is CS(=O)(=O)c1cnn(-c2cc(Br)c(F)cc2N)c1. The zero-order valence-electron chi connectivity index (χ0n) is 9.26. The maximum atomic E-state index is 13.2. The van der Waals surface area contributed by atoms with E-state index in [9.17, 15) is 12.8 Å². The lowest BCUT2D eigenvalue weighted by Gasteiger charge is -2.06. The van der Waals surface area contributed by atoms with Crippen molar-refractivity contribution >= 4 is 31.5 Å². The normalized spacial score (nSPS) is 11.7. The van der Waals surface area contributed by atoms with Crippen molar-refractivity contribution in [3.05, 3.63) is 34.8 Å². The Kier molecular flexibility index (Phi) is 3.16. The first kappa shape index (κ1) is 13.0. The van der Waals surface area contributed by atoms with Crippen molar-refractivity contribution in [1.29, 1.82) is 0 Å². The van der Waals surface area contributed by atoms with Crippen molar-refractivity contribution in [3.8, 4) is 5.69 Å². The number of nitrogens with zero attached hydrogens (tertiary/aromatic N) is 2. The van der Waals surface area contributed by atoms with Gasteiger partial charge in [0.05, 0.1) is 22.0 Å². The molecule has 5 nitrogen and oxygen atoms in total. The molecule has 0 bridgehead atoms. The van der Waals surface area contributed by atoms with E-state index in [0.29, 0.717) is 5.69 Å². The fraction of sp³-hybridized carbons (Fsp3) is 0.100. The van der Waals surface area contributed by atoms with Gasteiger partial charge in [0.2, 0.25) is 0 Å². The summed E-state index contributed by atoms with van der Waals surface area (Å²) in [5.41, 5.74) is 6.24. The van der Waals surface area contributed by atoms with Crippen molar-refractivity contribution in [2.24, 2.45) is 0 Å². The number of aromatic nitrogens is 2. The molecule has 96 valence electrons. The Hall–Kier alpha value is -1.41. The molecule has 18 heavy (non-hydrogen) atoms. The van der Waals surface area contributed by atoms with Crippen LogP contribution in [0.25, 0.3) is 5.69 Å². The highest BCUT2D eigenvalue weighted by molar-refractivity contribution is 9.10. The number of nitrogen functional groups attached to an aromatic ring is 1. The average molecular weight is 334 g/mol. The lowest BCUT2D eigenvalue weighted by Crippen LogP contribution is -2.01. The Labute approximate surface area is 111 Å². The third-order valence-electron chi connectivity index (χ3n) is 2.30. The fourth-order valence-corrected chi connectivity index (χ4v) is 2.24. The van der Waals surface area contributed by atoms with E-state index in [4.69, 9.17) is 5.73 Å². The van der Waals surface area contributed by atoms with Crippen LogP contribution in [0.5, 0.6) is 0 Å². The number of nitrogens with two attached hydrogens (primary N) is 1. The maximum absolute atomic E-state index is 13.2. The summed E-state index contributed by atoms with van der Waals surface area (Å²) in [5, 5.41) is 3.90. The molecule has 0 aliphatic heterocycles. The molecular formula is C10H9BrFN3O2S. The van der Waals surface area contributed by atoms with E-state index in [-0.39, 0.29) is 15.1 Å². The summed E-state index contributed by atoms with van der Waals surface area (Å²) in [5.74, 6) is -0.494. The lowest BCUT2D eigenvalue weighted by atomic mass is 10.2. The Morgan fingerprint density at radius 2 is 2.11 bits per heavy atom. The van der Waals surface area contributed by atoms with Crippen LogP contribution in [0.15, 0.2) is 33.9 Å². The van der Waals surface area contributed by atoms with Crippen LogP contribution in [0, 0.1) is 5.82 Å². The summed E-state index contributed by atoms with van der Waals surface area (Å²) in [6, 6.07) is 2.57.